The number of nitrogens with zero attached hydrogens (tertiary/aromatic N) is 2. The van der Waals surface area contributed by atoms with Crippen LogP contribution < -0.4 is 5.73 Å². The van der Waals surface area contributed by atoms with E-state index in [-0.39, 0.29) is 16.7 Å². The highest BCUT2D eigenvalue weighted by atomic mass is 32.2. The second-order valence-corrected chi connectivity index (χ2v) is 6.92. The molecule has 0 saturated carbocycles. The molecule has 0 bridgehead atoms. The number of benzene rings is 1. The van der Waals surface area contributed by atoms with Gasteiger partial charge >= 0.3 is 0 Å². The lowest BCUT2D eigenvalue weighted by molar-refractivity contribution is 0.354. The first-order chi connectivity index (χ1) is 9.01. The van der Waals surface area contributed by atoms with Gasteiger partial charge in [-0.2, -0.15) is 5.26 Å². The molecule has 0 unspecified atom stereocenters. The smallest absolute Gasteiger partial charge is 0.179 e. The van der Waals surface area contributed by atoms with E-state index in [2.05, 4.69) is 4.90 Å². The number of rotatable bonds is 4. The Balaban J connectivity index is 2.04. The maximum Gasteiger partial charge on any atom is 0.179 e. The van der Waals surface area contributed by atoms with Crippen molar-refractivity contribution in [1.29, 1.82) is 5.26 Å². The number of hydrogen-bond donors (Lipinski definition) is 1. The average Bonchev–Trinajstić information content (AvgIpc) is 2.82. The molecule has 1 heterocycles. The largest absolute Gasteiger partial charge is 0.326 e. The molecule has 19 heavy (non-hydrogen) atoms. The molecule has 2 rings (SSSR count). The van der Waals surface area contributed by atoms with Gasteiger partial charge < -0.3 is 10.6 Å². The lowest BCUT2D eigenvalue weighted by Gasteiger charge is -2.15. The Morgan fingerprint density at radius 2 is 2.26 bits per heavy atom. The number of likely N-dealkylation sites (tertiary alicyclic amines) is 1. The van der Waals surface area contributed by atoms with E-state index in [9.17, 15) is 8.42 Å². The van der Waals surface area contributed by atoms with Crippen molar-refractivity contribution in [3.8, 4) is 6.07 Å². The summed E-state index contributed by atoms with van der Waals surface area (Å²) in [6.45, 7) is 2.11. The molecule has 1 aromatic rings. The van der Waals surface area contributed by atoms with Crippen molar-refractivity contribution in [1.82, 2.24) is 4.90 Å². The molecular weight excluding hydrogens is 262 g/mol. The first-order valence-corrected chi connectivity index (χ1v) is 7.87. The SMILES string of the molecule is N#Cc1cccc(S(=O)(=O)CCN2CC[C@H](N)C2)c1. The quantitative estimate of drug-likeness (QED) is 0.860. The van der Waals surface area contributed by atoms with Gasteiger partial charge in [0.25, 0.3) is 0 Å². The zero-order chi connectivity index (χ0) is 13.9. The molecule has 1 aliphatic heterocycles. The van der Waals surface area contributed by atoms with Crippen molar-refractivity contribution >= 4 is 9.84 Å². The molecule has 2 N–H and O–H groups in total. The van der Waals surface area contributed by atoms with Crippen LogP contribution in [0.25, 0.3) is 0 Å². The predicted octanol–water partition coefficient (Wildman–Crippen LogP) is 0.365. The summed E-state index contributed by atoms with van der Waals surface area (Å²) in [4.78, 5) is 2.28. The third-order valence-electron chi connectivity index (χ3n) is 3.31. The maximum atomic E-state index is 12.2. The van der Waals surface area contributed by atoms with Crippen LogP contribution in [0.15, 0.2) is 29.2 Å². The molecule has 5 nitrogen and oxygen atoms in total. The molecule has 0 amide bonds. The van der Waals surface area contributed by atoms with Crippen molar-refractivity contribution in [2.75, 3.05) is 25.4 Å². The van der Waals surface area contributed by atoms with Crippen molar-refractivity contribution in [3.63, 3.8) is 0 Å². The summed E-state index contributed by atoms with van der Waals surface area (Å²) in [5, 5.41) is 8.79. The van der Waals surface area contributed by atoms with Crippen LogP contribution in [0.4, 0.5) is 0 Å². The third kappa shape index (κ3) is 3.53. The van der Waals surface area contributed by atoms with Gasteiger partial charge in [-0.05, 0) is 31.2 Å². The van der Waals surface area contributed by atoms with E-state index in [1.807, 2.05) is 6.07 Å². The highest BCUT2D eigenvalue weighted by Gasteiger charge is 2.22. The summed E-state index contributed by atoms with van der Waals surface area (Å²) in [5.41, 5.74) is 6.15. The fraction of sp³-hybridized carbons (Fsp3) is 0.462. The van der Waals surface area contributed by atoms with Crippen LogP contribution in [-0.2, 0) is 9.84 Å². The van der Waals surface area contributed by atoms with E-state index in [4.69, 9.17) is 11.0 Å². The molecule has 1 fully saturated rings. The fourth-order valence-corrected chi connectivity index (χ4v) is 3.52. The topological polar surface area (TPSA) is 87.2 Å². The lowest BCUT2D eigenvalue weighted by Crippen LogP contribution is -2.30. The molecule has 1 aromatic carbocycles. The minimum absolute atomic E-state index is 0.0641. The standard InChI is InChI=1S/C13H17N3O2S/c14-9-11-2-1-3-13(8-11)19(17,18)7-6-16-5-4-12(15)10-16/h1-3,8,12H,4-7,10,15H2/t12-/m0/s1. The molecule has 0 aromatic heterocycles. The predicted molar refractivity (Wildman–Crippen MR) is 72.2 cm³/mol. The van der Waals surface area contributed by atoms with Crippen LogP contribution >= 0.6 is 0 Å². The normalized spacial score (nSPS) is 20.3. The van der Waals surface area contributed by atoms with E-state index in [0.717, 1.165) is 19.5 Å². The fourth-order valence-electron chi connectivity index (χ4n) is 2.19. The highest BCUT2D eigenvalue weighted by molar-refractivity contribution is 7.91. The molecule has 0 radical (unpaired) electrons. The Kier molecular flexibility index (Phi) is 4.20. The van der Waals surface area contributed by atoms with Gasteiger partial charge in [0.1, 0.15) is 0 Å². The molecule has 6 heteroatoms. The van der Waals surface area contributed by atoms with E-state index in [1.165, 1.54) is 12.1 Å². The Morgan fingerprint density at radius 1 is 1.47 bits per heavy atom. The third-order valence-corrected chi connectivity index (χ3v) is 5.00. The van der Waals surface area contributed by atoms with Gasteiger partial charge in [0.05, 0.1) is 22.3 Å². The summed E-state index contributed by atoms with van der Waals surface area (Å²) in [7, 11) is -3.33. The Bertz CT molecular complexity index is 592. The number of nitriles is 1. The van der Waals surface area contributed by atoms with Gasteiger partial charge in [0.2, 0.25) is 0 Å². The first-order valence-electron chi connectivity index (χ1n) is 6.22. The van der Waals surface area contributed by atoms with Crippen molar-refractivity contribution < 1.29 is 8.42 Å². The van der Waals surface area contributed by atoms with Crippen LogP contribution in [0, 0.1) is 11.3 Å². The van der Waals surface area contributed by atoms with Crippen molar-refractivity contribution in [2.45, 2.75) is 17.4 Å². The first kappa shape index (κ1) is 14.0. The second-order valence-electron chi connectivity index (χ2n) is 4.81. The summed E-state index contributed by atoms with van der Waals surface area (Å²) in [5.74, 6) is 0.0641. The summed E-state index contributed by atoms with van der Waals surface area (Å²) in [6.07, 6.45) is 0.921. The summed E-state index contributed by atoms with van der Waals surface area (Å²) in [6, 6.07) is 8.25. The van der Waals surface area contributed by atoms with Crippen LogP contribution in [0.1, 0.15) is 12.0 Å². The molecule has 0 spiro atoms. The monoisotopic (exact) mass is 279 g/mol. The molecule has 102 valence electrons. The molecule has 0 aliphatic carbocycles. The molecule has 1 atom stereocenters. The maximum absolute atomic E-state index is 12.2. The van der Waals surface area contributed by atoms with E-state index >= 15 is 0 Å². The zero-order valence-corrected chi connectivity index (χ0v) is 11.4. The van der Waals surface area contributed by atoms with Gasteiger partial charge in [-0.3, -0.25) is 0 Å². The van der Waals surface area contributed by atoms with Gasteiger partial charge in [-0.15, -0.1) is 0 Å². The Hall–Kier alpha value is -1.42. The summed E-state index contributed by atoms with van der Waals surface area (Å²) < 4.78 is 24.3. The zero-order valence-electron chi connectivity index (χ0n) is 10.6. The van der Waals surface area contributed by atoms with Crippen LogP contribution in [0.3, 0.4) is 0 Å². The van der Waals surface area contributed by atoms with E-state index in [1.54, 1.807) is 12.1 Å². The Morgan fingerprint density at radius 3 is 2.89 bits per heavy atom. The van der Waals surface area contributed by atoms with Gasteiger partial charge in [0.15, 0.2) is 9.84 Å². The average molecular weight is 279 g/mol. The second kappa shape index (κ2) is 5.70. The number of sulfone groups is 1. The molecular formula is C13H17N3O2S. The van der Waals surface area contributed by atoms with Gasteiger partial charge in [0, 0.05) is 19.1 Å². The van der Waals surface area contributed by atoms with Crippen LogP contribution in [0.5, 0.6) is 0 Å². The van der Waals surface area contributed by atoms with E-state index < -0.39 is 9.84 Å². The van der Waals surface area contributed by atoms with E-state index in [0.29, 0.717) is 12.1 Å². The number of hydrogen-bond acceptors (Lipinski definition) is 5. The molecule has 1 aliphatic rings. The van der Waals surface area contributed by atoms with Gasteiger partial charge in [-0.25, -0.2) is 8.42 Å². The van der Waals surface area contributed by atoms with Crippen LogP contribution in [0.2, 0.25) is 0 Å². The van der Waals surface area contributed by atoms with Gasteiger partial charge in [-0.1, -0.05) is 6.07 Å². The van der Waals surface area contributed by atoms with Crippen LogP contribution in [-0.4, -0.2) is 44.7 Å². The lowest BCUT2D eigenvalue weighted by atomic mass is 10.2. The Labute approximate surface area is 113 Å². The molecule has 1 saturated heterocycles. The van der Waals surface area contributed by atoms with Crippen molar-refractivity contribution in [2.24, 2.45) is 5.73 Å². The number of nitrogens with two attached hydrogens (primary N) is 1. The van der Waals surface area contributed by atoms with Crippen molar-refractivity contribution in [3.05, 3.63) is 29.8 Å². The summed E-state index contributed by atoms with van der Waals surface area (Å²) >= 11 is 0. The highest BCUT2D eigenvalue weighted by Crippen LogP contribution is 2.14. The minimum Gasteiger partial charge on any atom is -0.326 e. The minimum atomic E-state index is -3.33.